The summed E-state index contributed by atoms with van der Waals surface area (Å²) in [6.45, 7) is 2.96. The van der Waals surface area contributed by atoms with Crippen molar-refractivity contribution in [2.45, 2.75) is 0 Å². The fourth-order valence-electron chi connectivity index (χ4n) is 3.72. The van der Waals surface area contributed by atoms with E-state index in [0.717, 1.165) is 13.1 Å². The third-order valence-corrected chi connectivity index (χ3v) is 6.16. The van der Waals surface area contributed by atoms with E-state index in [1.807, 2.05) is 11.9 Å². The second-order valence-electron chi connectivity index (χ2n) is 7.29. The molecule has 2 aromatic carbocycles. The van der Waals surface area contributed by atoms with Crippen molar-refractivity contribution in [3.05, 3.63) is 63.8 Å². The van der Waals surface area contributed by atoms with Gasteiger partial charge in [-0.2, -0.15) is 0 Å². The third kappa shape index (κ3) is 3.67. The molecule has 0 atom stereocenters. The van der Waals surface area contributed by atoms with Crippen LogP contribution < -0.4 is 9.64 Å². The molecule has 0 saturated carbocycles. The Balaban J connectivity index is 1.80. The first kappa shape index (κ1) is 20.7. The Hall–Kier alpha value is -2.54. The van der Waals surface area contributed by atoms with Gasteiger partial charge in [0.25, 0.3) is 11.8 Å². The molecule has 4 rings (SSSR count). The molecule has 0 N–H and O–H groups in total. The number of halogens is 2. The maximum atomic E-state index is 13.5. The molecule has 0 bridgehead atoms. The lowest BCUT2D eigenvalue weighted by molar-refractivity contribution is -0.120. The first-order chi connectivity index (χ1) is 14.4. The number of methoxy groups -OCH3 is 1. The van der Waals surface area contributed by atoms with E-state index in [4.69, 9.17) is 27.9 Å². The molecule has 0 radical (unpaired) electrons. The Morgan fingerprint density at radius 3 is 2.13 bits per heavy atom. The van der Waals surface area contributed by atoms with Crippen LogP contribution >= 0.6 is 23.2 Å². The second kappa shape index (κ2) is 8.30. The molecule has 156 valence electrons. The van der Waals surface area contributed by atoms with Crippen LogP contribution in [0.5, 0.6) is 5.75 Å². The van der Waals surface area contributed by atoms with Gasteiger partial charge in [-0.1, -0.05) is 35.3 Å². The highest BCUT2D eigenvalue weighted by molar-refractivity contribution is 6.46. The van der Waals surface area contributed by atoms with Crippen molar-refractivity contribution in [3.63, 3.8) is 0 Å². The highest BCUT2D eigenvalue weighted by atomic mass is 35.5. The molecule has 30 heavy (non-hydrogen) atoms. The molecule has 0 spiro atoms. The summed E-state index contributed by atoms with van der Waals surface area (Å²) in [6.07, 6.45) is 0. The molecule has 0 aromatic heterocycles. The summed E-state index contributed by atoms with van der Waals surface area (Å²) in [7, 11) is 3.62. The second-order valence-corrected chi connectivity index (χ2v) is 8.10. The fraction of sp³-hybridized carbons (Fsp3) is 0.273. The van der Waals surface area contributed by atoms with Gasteiger partial charge in [-0.3, -0.25) is 9.59 Å². The highest BCUT2D eigenvalue weighted by Crippen LogP contribution is 2.37. The first-order valence-electron chi connectivity index (χ1n) is 9.56. The molecule has 1 saturated heterocycles. The molecule has 0 aliphatic carbocycles. The van der Waals surface area contributed by atoms with Crippen LogP contribution in [0, 0.1) is 0 Å². The van der Waals surface area contributed by atoms with Crippen LogP contribution in [0.25, 0.3) is 5.57 Å². The minimum absolute atomic E-state index is 0.286. The summed E-state index contributed by atoms with van der Waals surface area (Å²) >= 11 is 12.2. The van der Waals surface area contributed by atoms with Crippen molar-refractivity contribution in [1.29, 1.82) is 0 Å². The van der Waals surface area contributed by atoms with Gasteiger partial charge in [0.2, 0.25) is 0 Å². The highest BCUT2D eigenvalue weighted by Gasteiger charge is 2.43. The van der Waals surface area contributed by atoms with Crippen molar-refractivity contribution in [3.8, 4) is 5.75 Å². The van der Waals surface area contributed by atoms with Gasteiger partial charge < -0.3 is 14.5 Å². The van der Waals surface area contributed by atoms with E-state index in [0.29, 0.717) is 46.4 Å². The fourth-order valence-corrected chi connectivity index (χ4v) is 4.01. The zero-order valence-electron chi connectivity index (χ0n) is 16.7. The number of imide groups is 1. The standard InChI is InChI=1S/C22H21Cl2N3O3/c1-25-9-11-26(12-10-25)20-19(14-3-6-16(30-2)7-4-14)21(28)27(22(20)29)15-5-8-17(23)18(24)13-15/h3-8,13H,9-12H2,1-2H3. The lowest BCUT2D eigenvalue weighted by Gasteiger charge is -2.34. The minimum atomic E-state index is -0.377. The summed E-state index contributed by atoms with van der Waals surface area (Å²) < 4.78 is 5.23. The van der Waals surface area contributed by atoms with Crippen molar-refractivity contribution < 1.29 is 14.3 Å². The number of hydrogen-bond acceptors (Lipinski definition) is 5. The molecular weight excluding hydrogens is 425 g/mol. The van der Waals surface area contributed by atoms with Gasteiger partial charge >= 0.3 is 0 Å². The molecule has 8 heteroatoms. The summed E-state index contributed by atoms with van der Waals surface area (Å²) in [5, 5.41) is 0.649. The van der Waals surface area contributed by atoms with Crippen molar-refractivity contribution in [2.24, 2.45) is 0 Å². The van der Waals surface area contributed by atoms with E-state index < -0.39 is 0 Å². The Kier molecular flexibility index (Phi) is 5.73. The van der Waals surface area contributed by atoms with Gasteiger partial charge in [0.1, 0.15) is 11.4 Å². The lowest BCUT2D eigenvalue weighted by atomic mass is 10.0. The number of nitrogens with zero attached hydrogens (tertiary/aromatic N) is 3. The van der Waals surface area contributed by atoms with E-state index in [1.54, 1.807) is 43.5 Å². The molecule has 2 heterocycles. The summed E-state index contributed by atoms with van der Waals surface area (Å²) in [5.74, 6) is -0.0511. The normalized spacial score (nSPS) is 17.9. The molecule has 2 aliphatic rings. The zero-order chi connectivity index (χ0) is 21.4. The van der Waals surface area contributed by atoms with Crippen molar-refractivity contribution in [1.82, 2.24) is 9.80 Å². The van der Waals surface area contributed by atoms with E-state index in [2.05, 4.69) is 4.90 Å². The van der Waals surface area contributed by atoms with Crippen LogP contribution in [0.2, 0.25) is 10.0 Å². The van der Waals surface area contributed by atoms with Gasteiger partial charge in [0.05, 0.1) is 28.4 Å². The van der Waals surface area contributed by atoms with Crippen LogP contribution in [0.4, 0.5) is 5.69 Å². The van der Waals surface area contributed by atoms with Crippen LogP contribution in [-0.2, 0) is 9.59 Å². The van der Waals surface area contributed by atoms with Gasteiger partial charge in [0.15, 0.2) is 0 Å². The Morgan fingerprint density at radius 1 is 0.867 bits per heavy atom. The molecule has 2 aromatic rings. The Morgan fingerprint density at radius 2 is 1.53 bits per heavy atom. The number of amides is 2. The number of piperazine rings is 1. The Labute approximate surface area is 185 Å². The third-order valence-electron chi connectivity index (χ3n) is 5.42. The SMILES string of the molecule is COc1ccc(C2=C(N3CCN(C)CC3)C(=O)N(c3ccc(Cl)c(Cl)c3)C2=O)cc1. The average molecular weight is 446 g/mol. The van der Waals surface area contributed by atoms with Gasteiger partial charge in [0, 0.05) is 26.2 Å². The number of rotatable bonds is 4. The molecular formula is C22H21Cl2N3O3. The van der Waals surface area contributed by atoms with Crippen molar-refractivity contribution >= 4 is 46.3 Å². The average Bonchev–Trinajstić information content (AvgIpc) is 3.01. The lowest BCUT2D eigenvalue weighted by Crippen LogP contribution is -2.46. The first-order valence-corrected chi connectivity index (χ1v) is 10.3. The minimum Gasteiger partial charge on any atom is -0.497 e. The number of benzene rings is 2. The molecule has 2 aliphatic heterocycles. The maximum Gasteiger partial charge on any atom is 0.282 e. The smallest absolute Gasteiger partial charge is 0.282 e. The van der Waals surface area contributed by atoms with Gasteiger partial charge in [-0.25, -0.2) is 4.90 Å². The van der Waals surface area contributed by atoms with Crippen LogP contribution in [0.1, 0.15) is 5.56 Å². The molecule has 6 nitrogen and oxygen atoms in total. The topological polar surface area (TPSA) is 53.1 Å². The van der Waals surface area contributed by atoms with Crippen LogP contribution in [0.3, 0.4) is 0 Å². The molecule has 1 fully saturated rings. The summed E-state index contributed by atoms with van der Waals surface area (Å²) in [4.78, 5) is 32.3. The van der Waals surface area contributed by atoms with Crippen LogP contribution in [0.15, 0.2) is 48.2 Å². The maximum absolute atomic E-state index is 13.5. The summed E-state index contributed by atoms with van der Waals surface area (Å²) in [5.41, 5.74) is 1.88. The predicted octanol–water partition coefficient (Wildman–Crippen LogP) is 3.53. The van der Waals surface area contributed by atoms with E-state index in [-0.39, 0.29) is 16.8 Å². The Bertz CT molecular complexity index is 1030. The van der Waals surface area contributed by atoms with E-state index in [1.165, 1.54) is 11.0 Å². The number of likely N-dealkylation sites (N-methyl/N-ethyl adjacent to an activating group) is 1. The number of anilines is 1. The monoisotopic (exact) mass is 445 g/mol. The zero-order valence-corrected chi connectivity index (χ0v) is 18.2. The van der Waals surface area contributed by atoms with Crippen molar-refractivity contribution in [2.75, 3.05) is 45.2 Å². The number of carbonyl (C=O) groups is 2. The van der Waals surface area contributed by atoms with Gasteiger partial charge in [-0.15, -0.1) is 0 Å². The predicted molar refractivity (Wildman–Crippen MR) is 118 cm³/mol. The quantitative estimate of drug-likeness (QED) is 0.673. The number of hydrogen-bond donors (Lipinski definition) is 0. The molecule has 0 unspecified atom stereocenters. The number of carbonyl (C=O) groups excluding carboxylic acids is 2. The van der Waals surface area contributed by atoms with Crippen LogP contribution in [-0.4, -0.2) is 62.0 Å². The van der Waals surface area contributed by atoms with E-state index >= 15 is 0 Å². The number of ether oxygens (including phenoxy) is 1. The summed E-state index contributed by atoms with van der Waals surface area (Å²) in [6, 6.07) is 11.9. The van der Waals surface area contributed by atoms with E-state index in [9.17, 15) is 9.59 Å². The largest absolute Gasteiger partial charge is 0.497 e. The molecule has 2 amide bonds. The van der Waals surface area contributed by atoms with Gasteiger partial charge in [-0.05, 0) is 42.9 Å².